The van der Waals surface area contributed by atoms with Crippen molar-refractivity contribution in [2.24, 2.45) is 0 Å². The first-order chi connectivity index (χ1) is 20.4. The number of nitrogens with zero attached hydrogens (tertiary/aromatic N) is 4. The van der Waals surface area contributed by atoms with Gasteiger partial charge in [-0.3, -0.25) is 4.79 Å². The van der Waals surface area contributed by atoms with Crippen LogP contribution < -0.4 is 10.1 Å². The van der Waals surface area contributed by atoms with Crippen molar-refractivity contribution < 1.29 is 17.9 Å². The van der Waals surface area contributed by atoms with Crippen molar-refractivity contribution in [3.8, 4) is 28.8 Å². The Kier molecular flexibility index (Phi) is 8.81. The maximum atomic E-state index is 13.4. The molecule has 2 heterocycles. The summed E-state index contributed by atoms with van der Waals surface area (Å²) in [6.45, 7) is 3.41. The molecule has 1 aromatic heterocycles. The molecule has 0 unspecified atom stereocenters. The summed E-state index contributed by atoms with van der Waals surface area (Å²) in [5.41, 5.74) is 2.64. The highest BCUT2D eigenvalue weighted by atomic mass is 32.2. The van der Waals surface area contributed by atoms with Gasteiger partial charge in [0.2, 0.25) is 10.0 Å². The van der Waals surface area contributed by atoms with Gasteiger partial charge in [0, 0.05) is 36.1 Å². The van der Waals surface area contributed by atoms with Crippen LogP contribution in [0, 0.1) is 11.3 Å². The summed E-state index contributed by atoms with van der Waals surface area (Å²) >= 11 is 0. The van der Waals surface area contributed by atoms with Gasteiger partial charge in [0.05, 0.1) is 17.2 Å². The molecule has 214 valence electrons. The second-order valence-electron chi connectivity index (χ2n) is 9.79. The quantitative estimate of drug-likeness (QED) is 0.201. The van der Waals surface area contributed by atoms with E-state index in [1.807, 2.05) is 43.3 Å². The number of ether oxygens (including phenoxy) is 1. The summed E-state index contributed by atoms with van der Waals surface area (Å²) in [7, 11) is -3.68. The highest BCUT2D eigenvalue weighted by Gasteiger charge is 2.26. The normalized spacial score (nSPS) is 14.2. The third-order valence-electron chi connectivity index (χ3n) is 6.91. The van der Waals surface area contributed by atoms with E-state index < -0.39 is 15.9 Å². The summed E-state index contributed by atoms with van der Waals surface area (Å²) < 4.78 is 35.4. The molecule has 0 aliphatic carbocycles. The molecule has 1 N–H and O–H groups in total. The van der Waals surface area contributed by atoms with E-state index in [1.165, 1.54) is 10.4 Å². The minimum atomic E-state index is -3.68. The lowest BCUT2D eigenvalue weighted by Crippen LogP contribution is -2.35. The SMILES string of the molecule is CCOc1ccc(NC(=O)/C(C#N)=C\c2cn(-c3ccccc3)nc2-c2cccc(S(=O)(=O)N3CCCCC3)c2)cc1. The van der Waals surface area contributed by atoms with Gasteiger partial charge in [-0.1, -0.05) is 36.8 Å². The summed E-state index contributed by atoms with van der Waals surface area (Å²) in [4.78, 5) is 13.3. The number of anilines is 1. The van der Waals surface area contributed by atoms with Crippen LogP contribution in [0.5, 0.6) is 5.75 Å². The first-order valence-electron chi connectivity index (χ1n) is 13.8. The molecule has 1 aliphatic heterocycles. The Morgan fingerprint density at radius 2 is 1.76 bits per heavy atom. The zero-order chi connectivity index (χ0) is 29.5. The predicted molar refractivity (Wildman–Crippen MR) is 161 cm³/mol. The van der Waals surface area contributed by atoms with Crippen LogP contribution in [0.4, 0.5) is 5.69 Å². The van der Waals surface area contributed by atoms with Crippen molar-refractivity contribution in [2.75, 3.05) is 25.0 Å². The Balaban J connectivity index is 1.52. The average molecular weight is 582 g/mol. The molecule has 9 nitrogen and oxygen atoms in total. The summed E-state index contributed by atoms with van der Waals surface area (Å²) in [5.74, 6) is 0.0931. The Bertz CT molecular complexity index is 1730. The Morgan fingerprint density at radius 1 is 1.02 bits per heavy atom. The maximum Gasteiger partial charge on any atom is 0.266 e. The lowest BCUT2D eigenvalue weighted by molar-refractivity contribution is -0.112. The zero-order valence-electron chi connectivity index (χ0n) is 23.2. The Morgan fingerprint density at radius 3 is 2.45 bits per heavy atom. The zero-order valence-corrected chi connectivity index (χ0v) is 24.0. The molecule has 5 rings (SSSR count). The van der Waals surface area contributed by atoms with Crippen LogP contribution in [-0.2, 0) is 14.8 Å². The van der Waals surface area contributed by atoms with Crippen molar-refractivity contribution in [1.82, 2.24) is 14.1 Å². The van der Waals surface area contributed by atoms with Crippen molar-refractivity contribution in [2.45, 2.75) is 31.1 Å². The molecule has 42 heavy (non-hydrogen) atoms. The fourth-order valence-corrected chi connectivity index (χ4v) is 6.36. The molecule has 0 radical (unpaired) electrons. The van der Waals surface area contributed by atoms with Gasteiger partial charge >= 0.3 is 0 Å². The summed E-state index contributed by atoms with van der Waals surface area (Å²) in [5, 5.41) is 17.4. The monoisotopic (exact) mass is 581 g/mol. The van der Waals surface area contributed by atoms with Gasteiger partial charge in [-0.25, -0.2) is 13.1 Å². The standard InChI is InChI=1S/C32H31N5O4S/c1-2-41-29-16-14-27(15-17-29)34-32(38)25(22-33)20-26-23-37(28-11-5-3-6-12-28)35-31(26)24-10-9-13-30(21-24)42(39,40)36-18-7-4-8-19-36/h3,5-6,9-17,20-21,23H,2,4,7-8,18-19H2,1H3,(H,34,38)/b25-20-. The van der Waals surface area contributed by atoms with Gasteiger partial charge in [-0.15, -0.1) is 0 Å². The van der Waals surface area contributed by atoms with E-state index in [4.69, 9.17) is 9.84 Å². The van der Waals surface area contributed by atoms with Gasteiger partial charge in [-0.05, 0) is 74.4 Å². The molecule has 1 saturated heterocycles. The van der Waals surface area contributed by atoms with E-state index in [-0.39, 0.29) is 10.5 Å². The van der Waals surface area contributed by atoms with Gasteiger partial charge in [0.25, 0.3) is 5.91 Å². The third-order valence-corrected chi connectivity index (χ3v) is 8.81. The van der Waals surface area contributed by atoms with E-state index >= 15 is 0 Å². The number of para-hydroxylation sites is 1. The number of nitrogens with one attached hydrogen (secondary N) is 1. The van der Waals surface area contributed by atoms with Crippen molar-refractivity contribution in [3.05, 3.63) is 96.2 Å². The molecule has 1 amide bonds. The van der Waals surface area contributed by atoms with Crippen LogP contribution in [0.2, 0.25) is 0 Å². The number of aromatic nitrogens is 2. The minimum absolute atomic E-state index is 0.130. The number of benzene rings is 3. The number of hydrogen-bond donors (Lipinski definition) is 1. The molecular weight excluding hydrogens is 550 g/mol. The van der Waals surface area contributed by atoms with Crippen molar-refractivity contribution in [3.63, 3.8) is 0 Å². The number of carbonyl (C=O) groups is 1. The molecule has 4 aromatic rings. The largest absolute Gasteiger partial charge is 0.494 e. The molecule has 0 atom stereocenters. The van der Waals surface area contributed by atoms with E-state index in [9.17, 15) is 18.5 Å². The first-order valence-corrected chi connectivity index (χ1v) is 15.2. The van der Waals surface area contributed by atoms with Crippen molar-refractivity contribution in [1.29, 1.82) is 5.26 Å². The van der Waals surface area contributed by atoms with Gasteiger partial charge < -0.3 is 10.1 Å². The van der Waals surface area contributed by atoms with Crippen LogP contribution in [-0.4, -0.2) is 48.1 Å². The summed E-state index contributed by atoms with van der Waals surface area (Å²) in [6.07, 6.45) is 5.89. The smallest absolute Gasteiger partial charge is 0.266 e. The molecule has 0 bridgehead atoms. The topological polar surface area (TPSA) is 117 Å². The molecule has 3 aromatic carbocycles. The van der Waals surface area contributed by atoms with Gasteiger partial charge in [-0.2, -0.15) is 14.7 Å². The Hall–Kier alpha value is -4.72. The highest BCUT2D eigenvalue weighted by molar-refractivity contribution is 7.89. The van der Waals surface area contributed by atoms with Crippen LogP contribution in [0.1, 0.15) is 31.7 Å². The van der Waals surface area contributed by atoms with E-state index in [0.717, 1.165) is 24.9 Å². The fraction of sp³-hybridized carbons (Fsp3) is 0.219. The Labute approximate surface area is 245 Å². The van der Waals surface area contributed by atoms with Crippen LogP contribution in [0.25, 0.3) is 23.0 Å². The number of nitriles is 1. The third kappa shape index (κ3) is 6.43. The van der Waals surface area contributed by atoms with E-state index in [1.54, 1.807) is 59.4 Å². The number of carbonyl (C=O) groups excluding carboxylic acids is 1. The first kappa shape index (κ1) is 28.8. The van der Waals surface area contributed by atoms with Gasteiger partial charge in [0.1, 0.15) is 23.1 Å². The second-order valence-corrected chi connectivity index (χ2v) is 11.7. The van der Waals surface area contributed by atoms with E-state index in [0.29, 0.717) is 48.0 Å². The highest BCUT2D eigenvalue weighted by Crippen LogP contribution is 2.30. The predicted octanol–water partition coefficient (Wildman–Crippen LogP) is 5.66. The molecule has 1 aliphatic rings. The lowest BCUT2D eigenvalue weighted by Gasteiger charge is -2.26. The molecular formula is C32H31N5O4S. The summed E-state index contributed by atoms with van der Waals surface area (Å²) in [6, 6.07) is 24.9. The number of piperidine rings is 1. The molecule has 10 heteroatoms. The number of hydrogen-bond acceptors (Lipinski definition) is 6. The molecule has 0 saturated carbocycles. The van der Waals surface area contributed by atoms with Crippen LogP contribution in [0.15, 0.2) is 95.5 Å². The van der Waals surface area contributed by atoms with Gasteiger partial charge in [0.15, 0.2) is 0 Å². The molecule has 1 fully saturated rings. The lowest BCUT2D eigenvalue weighted by atomic mass is 10.1. The maximum absolute atomic E-state index is 13.4. The van der Waals surface area contributed by atoms with Crippen LogP contribution >= 0.6 is 0 Å². The number of amides is 1. The molecule has 0 spiro atoms. The van der Waals surface area contributed by atoms with E-state index in [2.05, 4.69) is 5.32 Å². The number of rotatable bonds is 9. The minimum Gasteiger partial charge on any atom is -0.494 e. The number of sulfonamides is 1. The van der Waals surface area contributed by atoms with Crippen molar-refractivity contribution >= 4 is 27.7 Å². The fourth-order valence-electron chi connectivity index (χ4n) is 4.79. The average Bonchev–Trinajstić information content (AvgIpc) is 3.46. The van der Waals surface area contributed by atoms with Crippen LogP contribution in [0.3, 0.4) is 0 Å². The second kappa shape index (κ2) is 12.9.